The van der Waals surface area contributed by atoms with Crippen LogP contribution < -0.4 is 0 Å². The third-order valence-corrected chi connectivity index (χ3v) is 4.80. The highest BCUT2D eigenvalue weighted by atomic mass is 35.5. The number of ether oxygens (including phenoxy) is 1. The minimum Gasteiger partial charge on any atom is -0.462 e. The van der Waals surface area contributed by atoms with Gasteiger partial charge in [0, 0.05) is 11.6 Å². The van der Waals surface area contributed by atoms with Gasteiger partial charge < -0.3 is 9.15 Å². The van der Waals surface area contributed by atoms with E-state index in [4.69, 9.17) is 20.8 Å². The second-order valence-corrected chi connectivity index (χ2v) is 7.39. The maximum atomic E-state index is 12.4. The fourth-order valence-electron chi connectivity index (χ4n) is 2.43. The summed E-state index contributed by atoms with van der Waals surface area (Å²) in [7, 11) is 0. The molecule has 0 aliphatic carbocycles. The minimum atomic E-state index is -0.632. The van der Waals surface area contributed by atoms with Crippen molar-refractivity contribution >= 4 is 46.6 Å². The Bertz CT molecular complexity index is 934. The number of thioether (sulfide) groups is 1. The van der Waals surface area contributed by atoms with Gasteiger partial charge in [-0.2, -0.15) is 0 Å². The van der Waals surface area contributed by atoms with Crippen LogP contribution in [0.5, 0.6) is 0 Å². The molecule has 2 heterocycles. The van der Waals surface area contributed by atoms with Gasteiger partial charge in [-0.1, -0.05) is 23.7 Å². The number of hydrogen-bond acceptors (Lipinski definition) is 6. The van der Waals surface area contributed by atoms with E-state index in [1.54, 1.807) is 32.0 Å². The lowest BCUT2D eigenvalue weighted by atomic mass is 10.2. The lowest BCUT2D eigenvalue weighted by molar-refractivity contribution is -0.149. The predicted octanol–water partition coefficient (Wildman–Crippen LogP) is 4.59. The number of hydrogen-bond donors (Lipinski definition) is 0. The van der Waals surface area contributed by atoms with Crippen molar-refractivity contribution in [3.05, 3.63) is 52.1 Å². The third-order valence-electron chi connectivity index (χ3n) is 3.57. The lowest BCUT2D eigenvalue weighted by Crippen LogP contribution is -2.35. The first-order chi connectivity index (χ1) is 12.8. The maximum Gasteiger partial charge on any atom is 0.326 e. The van der Waals surface area contributed by atoms with Gasteiger partial charge in [0.15, 0.2) is 0 Å². The van der Waals surface area contributed by atoms with Crippen LogP contribution in [0.4, 0.5) is 4.79 Å². The molecule has 0 spiro atoms. The molecule has 0 atom stereocenters. The smallest absolute Gasteiger partial charge is 0.326 e. The van der Waals surface area contributed by atoms with Crippen molar-refractivity contribution in [3.8, 4) is 11.3 Å². The number of carbonyl (C=O) groups is 3. The molecule has 1 saturated heterocycles. The fraction of sp³-hybridized carbons (Fsp3) is 0.211. The molecule has 1 aromatic heterocycles. The highest BCUT2D eigenvalue weighted by Crippen LogP contribution is 2.34. The summed E-state index contributed by atoms with van der Waals surface area (Å²) in [6.45, 7) is 2.97. The number of esters is 1. The molecule has 6 nitrogen and oxygen atoms in total. The highest BCUT2D eigenvalue weighted by molar-refractivity contribution is 8.18. The second-order valence-electron chi connectivity index (χ2n) is 5.99. The molecule has 0 N–H and O–H groups in total. The number of rotatable bonds is 5. The van der Waals surface area contributed by atoms with Crippen LogP contribution in [0.3, 0.4) is 0 Å². The summed E-state index contributed by atoms with van der Waals surface area (Å²) < 4.78 is 10.7. The van der Waals surface area contributed by atoms with E-state index in [2.05, 4.69) is 0 Å². The first-order valence-corrected chi connectivity index (χ1v) is 9.34. The number of imide groups is 1. The number of furan rings is 1. The van der Waals surface area contributed by atoms with Crippen molar-refractivity contribution in [2.45, 2.75) is 20.0 Å². The van der Waals surface area contributed by atoms with Gasteiger partial charge in [0.2, 0.25) is 0 Å². The lowest BCUT2D eigenvalue weighted by Gasteiger charge is -2.13. The zero-order valence-electron chi connectivity index (χ0n) is 14.6. The molecule has 0 unspecified atom stereocenters. The van der Waals surface area contributed by atoms with Gasteiger partial charge in [-0.15, -0.1) is 0 Å². The van der Waals surface area contributed by atoms with Gasteiger partial charge in [0.05, 0.1) is 16.0 Å². The average molecular weight is 406 g/mol. The van der Waals surface area contributed by atoms with Crippen LogP contribution in [0, 0.1) is 0 Å². The standard InChI is InChI=1S/C19H16ClNO5S/c1-11(2)25-17(22)10-21-18(23)16(27-19(21)24)9-12-7-8-15(26-12)13-5-3-4-6-14(13)20/h3-9,11H,10H2,1-2H3/b16-9-. The Hall–Kier alpha value is -2.51. The maximum absolute atomic E-state index is 12.4. The summed E-state index contributed by atoms with van der Waals surface area (Å²) in [4.78, 5) is 37.2. The Labute approximate surface area is 165 Å². The zero-order valence-corrected chi connectivity index (χ0v) is 16.2. The fourth-order valence-corrected chi connectivity index (χ4v) is 3.48. The average Bonchev–Trinajstić information content (AvgIpc) is 3.15. The number of benzene rings is 1. The van der Waals surface area contributed by atoms with Crippen LogP contribution in [0.1, 0.15) is 19.6 Å². The van der Waals surface area contributed by atoms with E-state index in [1.807, 2.05) is 18.2 Å². The predicted molar refractivity (Wildman–Crippen MR) is 103 cm³/mol. The molecule has 2 aromatic rings. The number of nitrogens with zero attached hydrogens (tertiary/aromatic N) is 1. The van der Waals surface area contributed by atoms with E-state index in [1.165, 1.54) is 6.08 Å². The van der Waals surface area contributed by atoms with E-state index >= 15 is 0 Å². The number of halogens is 1. The van der Waals surface area contributed by atoms with Gasteiger partial charge in [0.1, 0.15) is 18.1 Å². The molecule has 8 heteroatoms. The molecule has 2 amide bonds. The third kappa shape index (κ3) is 4.43. The van der Waals surface area contributed by atoms with Crippen LogP contribution in [-0.4, -0.2) is 34.7 Å². The molecule has 3 rings (SSSR count). The van der Waals surface area contributed by atoms with Crippen molar-refractivity contribution in [3.63, 3.8) is 0 Å². The first-order valence-electron chi connectivity index (χ1n) is 8.14. The second kappa shape index (κ2) is 8.02. The first kappa shape index (κ1) is 19.3. The summed E-state index contributed by atoms with van der Waals surface area (Å²) in [5.41, 5.74) is 0.725. The summed E-state index contributed by atoms with van der Waals surface area (Å²) in [6, 6.07) is 10.6. The molecule has 1 aliphatic heterocycles. The number of amides is 2. The van der Waals surface area contributed by atoms with Crippen LogP contribution in [0.25, 0.3) is 17.4 Å². The van der Waals surface area contributed by atoms with Crippen molar-refractivity contribution in [2.75, 3.05) is 6.54 Å². The van der Waals surface area contributed by atoms with Gasteiger partial charge in [-0.25, -0.2) is 0 Å². The Morgan fingerprint density at radius 1 is 1.26 bits per heavy atom. The molecule has 0 bridgehead atoms. The van der Waals surface area contributed by atoms with Crippen molar-refractivity contribution in [1.82, 2.24) is 4.90 Å². The van der Waals surface area contributed by atoms with Crippen LogP contribution >= 0.6 is 23.4 Å². The summed E-state index contributed by atoms with van der Waals surface area (Å²) in [6.07, 6.45) is 1.15. The van der Waals surface area contributed by atoms with E-state index in [0.29, 0.717) is 16.5 Å². The zero-order chi connectivity index (χ0) is 19.6. The largest absolute Gasteiger partial charge is 0.462 e. The Kier molecular flexibility index (Phi) is 5.72. The molecule has 1 fully saturated rings. The van der Waals surface area contributed by atoms with E-state index in [0.717, 1.165) is 22.2 Å². The quantitative estimate of drug-likeness (QED) is 0.535. The van der Waals surface area contributed by atoms with Gasteiger partial charge in [-0.05, 0) is 49.9 Å². The van der Waals surface area contributed by atoms with Crippen molar-refractivity contribution < 1.29 is 23.5 Å². The van der Waals surface area contributed by atoms with Gasteiger partial charge in [0.25, 0.3) is 11.1 Å². The molecule has 0 radical (unpaired) electrons. The van der Waals surface area contributed by atoms with Crippen LogP contribution in [0.15, 0.2) is 45.7 Å². The van der Waals surface area contributed by atoms with Crippen LogP contribution in [0.2, 0.25) is 5.02 Å². The molecule has 1 aliphatic rings. The summed E-state index contributed by atoms with van der Waals surface area (Å²) in [5, 5.41) is 0.0206. The van der Waals surface area contributed by atoms with E-state index in [9.17, 15) is 14.4 Å². The molecular formula is C19H16ClNO5S. The summed E-state index contributed by atoms with van der Waals surface area (Å²) in [5.74, 6) is -0.235. The molecule has 27 heavy (non-hydrogen) atoms. The van der Waals surface area contributed by atoms with Crippen molar-refractivity contribution in [2.24, 2.45) is 0 Å². The molecule has 0 saturated carbocycles. The van der Waals surface area contributed by atoms with Gasteiger partial charge >= 0.3 is 5.97 Å². The Balaban J connectivity index is 1.77. The SMILES string of the molecule is CC(C)OC(=O)CN1C(=O)S/C(=C\c2ccc(-c3ccccc3Cl)o2)C1=O. The molecule has 1 aromatic carbocycles. The normalized spacial score (nSPS) is 15.9. The van der Waals surface area contributed by atoms with E-state index in [-0.39, 0.29) is 11.0 Å². The minimum absolute atomic E-state index is 0.178. The van der Waals surface area contributed by atoms with E-state index < -0.39 is 23.7 Å². The molecule has 140 valence electrons. The summed E-state index contributed by atoms with van der Waals surface area (Å²) >= 11 is 6.91. The molecular weight excluding hydrogens is 390 g/mol. The Morgan fingerprint density at radius 2 is 2.00 bits per heavy atom. The number of carbonyl (C=O) groups excluding carboxylic acids is 3. The topological polar surface area (TPSA) is 76.8 Å². The van der Waals surface area contributed by atoms with Crippen molar-refractivity contribution in [1.29, 1.82) is 0 Å². The highest BCUT2D eigenvalue weighted by Gasteiger charge is 2.37. The monoisotopic (exact) mass is 405 g/mol. The Morgan fingerprint density at radius 3 is 2.70 bits per heavy atom. The van der Waals surface area contributed by atoms with Crippen LogP contribution in [-0.2, 0) is 14.3 Å². The van der Waals surface area contributed by atoms with Gasteiger partial charge in [-0.3, -0.25) is 19.3 Å².